The molecule has 1 aromatic carbocycles. The Morgan fingerprint density at radius 1 is 1.50 bits per heavy atom. The molecule has 2 atom stereocenters. The van der Waals surface area contributed by atoms with E-state index < -0.39 is 5.82 Å². The first-order chi connectivity index (χ1) is 9.54. The number of phenolic OH excluding ortho intramolecular Hbond substituents is 1. The number of nitrogens with one attached hydrogen (secondary N) is 1. The number of carbonyl (C=O) groups excluding carboxylic acids is 1. The maximum atomic E-state index is 13.1. The fourth-order valence-electron chi connectivity index (χ4n) is 2.91. The quantitative estimate of drug-likeness (QED) is 0.892. The largest absolute Gasteiger partial charge is 0.508 e. The number of amides is 1. The molecular weight excluding hydrogens is 259 g/mol. The molecule has 2 unspecified atom stereocenters. The molecule has 0 spiro atoms. The van der Waals surface area contributed by atoms with Crippen LogP contribution in [0.2, 0.25) is 0 Å². The fourth-order valence-corrected chi connectivity index (χ4v) is 2.91. The second-order valence-corrected chi connectivity index (χ2v) is 5.24. The van der Waals surface area contributed by atoms with Gasteiger partial charge in [-0.2, -0.15) is 0 Å². The Bertz CT molecular complexity index is 493. The van der Waals surface area contributed by atoms with Crippen molar-refractivity contribution in [2.75, 3.05) is 13.6 Å². The van der Waals surface area contributed by atoms with Crippen LogP contribution in [0.25, 0.3) is 0 Å². The third-order valence-corrected chi connectivity index (χ3v) is 4.03. The highest BCUT2D eigenvalue weighted by atomic mass is 19.1. The summed E-state index contributed by atoms with van der Waals surface area (Å²) in [5, 5.41) is 12.6. The summed E-state index contributed by atoms with van der Waals surface area (Å²) in [6.07, 6.45) is 2.86. The van der Waals surface area contributed by atoms with Gasteiger partial charge < -0.3 is 10.4 Å². The first-order valence-electron chi connectivity index (χ1n) is 7.00. The minimum Gasteiger partial charge on any atom is -0.508 e. The van der Waals surface area contributed by atoms with Crippen LogP contribution in [0.1, 0.15) is 37.8 Å². The molecule has 1 aliphatic rings. The number of rotatable bonds is 3. The van der Waals surface area contributed by atoms with Crippen molar-refractivity contribution in [2.45, 2.75) is 38.3 Å². The summed E-state index contributed by atoms with van der Waals surface area (Å²) in [6.45, 7) is 2.74. The van der Waals surface area contributed by atoms with Gasteiger partial charge in [0.15, 0.2) is 0 Å². The summed E-state index contributed by atoms with van der Waals surface area (Å²) in [4.78, 5) is 14.1. The predicted octanol–water partition coefficient (Wildman–Crippen LogP) is 2.19. The highest BCUT2D eigenvalue weighted by molar-refractivity contribution is 5.81. The lowest BCUT2D eigenvalue weighted by molar-refractivity contribution is -0.128. The second kappa shape index (κ2) is 6.22. The number of hydrogen-bond acceptors (Lipinski definition) is 3. The lowest BCUT2D eigenvalue weighted by Gasteiger charge is -2.39. The molecule has 5 heteroatoms. The van der Waals surface area contributed by atoms with Crippen LogP contribution in [-0.4, -0.2) is 35.5 Å². The molecular formula is C15H21FN2O2. The molecule has 4 nitrogen and oxygen atoms in total. The van der Waals surface area contributed by atoms with E-state index >= 15 is 0 Å². The van der Waals surface area contributed by atoms with Crippen molar-refractivity contribution >= 4 is 5.91 Å². The molecule has 1 heterocycles. The molecule has 1 aromatic rings. The van der Waals surface area contributed by atoms with E-state index in [1.54, 1.807) is 13.1 Å². The van der Waals surface area contributed by atoms with Gasteiger partial charge in [-0.15, -0.1) is 0 Å². The average Bonchev–Trinajstić information content (AvgIpc) is 2.46. The van der Waals surface area contributed by atoms with Gasteiger partial charge in [-0.25, -0.2) is 4.39 Å². The topological polar surface area (TPSA) is 52.6 Å². The maximum absolute atomic E-state index is 13.1. The van der Waals surface area contributed by atoms with Crippen LogP contribution in [0.5, 0.6) is 5.75 Å². The zero-order valence-electron chi connectivity index (χ0n) is 11.9. The Kier molecular flexibility index (Phi) is 4.60. The summed E-state index contributed by atoms with van der Waals surface area (Å²) in [5.41, 5.74) is 0.655. The van der Waals surface area contributed by atoms with Crippen LogP contribution in [0.3, 0.4) is 0 Å². The Hall–Kier alpha value is -1.62. The molecule has 0 aliphatic carbocycles. The van der Waals surface area contributed by atoms with Crippen LogP contribution < -0.4 is 5.32 Å². The molecule has 2 rings (SSSR count). The molecule has 1 saturated heterocycles. The van der Waals surface area contributed by atoms with Crippen LogP contribution in [0.4, 0.5) is 4.39 Å². The van der Waals surface area contributed by atoms with E-state index in [0.29, 0.717) is 5.56 Å². The van der Waals surface area contributed by atoms with E-state index in [0.717, 1.165) is 31.9 Å². The third-order valence-electron chi connectivity index (χ3n) is 4.03. The zero-order valence-corrected chi connectivity index (χ0v) is 11.9. The second-order valence-electron chi connectivity index (χ2n) is 5.24. The first kappa shape index (κ1) is 14.8. The van der Waals surface area contributed by atoms with Gasteiger partial charge in [0.25, 0.3) is 0 Å². The van der Waals surface area contributed by atoms with Crippen molar-refractivity contribution in [2.24, 2.45) is 0 Å². The lowest BCUT2D eigenvalue weighted by atomic mass is 9.96. The minimum absolute atomic E-state index is 0.00171. The van der Waals surface area contributed by atoms with Gasteiger partial charge in [0, 0.05) is 24.7 Å². The number of hydrogen-bond donors (Lipinski definition) is 2. The van der Waals surface area contributed by atoms with Gasteiger partial charge in [0.1, 0.15) is 11.6 Å². The van der Waals surface area contributed by atoms with Gasteiger partial charge in [0.05, 0.1) is 6.04 Å². The number of likely N-dealkylation sites (tertiary alicyclic amines) is 1. The van der Waals surface area contributed by atoms with Gasteiger partial charge >= 0.3 is 0 Å². The molecule has 0 aromatic heterocycles. The number of halogens is 1. The molecule has 20 heavy (non-hydrogen) atoms. The van der Waals surface area contributed by atoms with E-state index in [4.69, 9.17) is 0 Å². The number of phenols is 1. The van der Waals surface area contributed by atoms with Crippen LogP contribution >= 0.6 is 0 Å². The van der Waals surface area contributed by atoms with Crippen molar-refractivity contribution < 1.29 is 14.3 Å². The standard InChI is InChI=1S/C15H21FN2O2/c1-10(12-7-6-11(16)9-14(12)19)18-8-4-3-5-13(18)15(20)17-2/h6-7,9-10,13,19H,3-5,8H2,1-2H3,(H,17,20). The molecule has 1 amide bonds. The van der Waals surface area contributed by atoms with E-state index in [1.165, 1.54) is 6.07 Å². The number of aromatic hydroxyl groups is 1. The summed E-state index contributed by atoms with van der Waals surface area (Å²) >= 11 is 0. The number of piperidine rings is 1. The molecule has 1 aliphatic heterocycles. The van der Waals surface area contributed by atoms with Crippen molar-refractivity contribution in [3.63, 3.8) is 0 Å². The smallest absolute Gasteiger partial charge is 0.237 e. The van der Waals surface area contributed by atoms with E-state index in [1.807, 2.05) is 6.92 Å². The van der Waals surface area contributed by atoms with Gasteiger partial charge in [-0.1, -0.05) is 12.5 Å². The number of benzene rings is 1. The molecule has 2 N–H and O–H groups in total. The summed E-state index contributed by atoms with van der Waals surface area (Å²) < 4.78 is 13.1. The number of nitrogens with zero attached hydrogens (tertiary/aromatic N) is 1. The highest BCUT2D eigenvalue weighted by Gasteiger charge is 2.32. The summed E-state index contributed by atoms with van der Waals surface area (Å²) in [7, 11) is 1.63. The normalized spacial score (nSPS) is 21.4. The van der Waals surface area contributed by atoms with Gasteiger partial charge in [0.2, 0.25) is 5.91 Å². The van der Waals surface area contributed by atoms with Crippen molar-refractivity contribution in [3.05, 3.63) is 29.6 Å². The van der Waals surface area contributed by atoms with Crippen LogP contribution in [0.15, 0.2) is 18.2 Å². The number of likely N-dealkylation sites (N-methyl/N-ethyl adjacent to an activating group) is 1. The molecule has 0 bridgehead atoms. The van der Waals surface area contributed by atoms with Crippen molar-refractivity contribution in [1.82, 2.24) is 10.2 Å². The Morgan fingerprint density at radius 3 is 2.90 bits per heavy atom. The maximum Gasteiger partial charge on any atom is 0.237 e. The Balaban J connectivity index is 2.25. The number of carbonyl (C=O) groups is 1. The molecule has 0 radical (unpaired) electrons. The predicted molar refractivity (Wildman–Crippen MR) is 74.9 cm³/mol. The van der Waals surface area contributed by atoms with Crippen molar-refractivity contribution in [3.8, 4) is 5.75 Å². The SMILES string of the molecule is CNC(=O)C1CCCCN1C(C)c1ccc(F)cc1O. The molecule has 110 valence electrons. The minimum atomic E-state index is -0.458. The summed E-state index contributed by atoms with van der Waals surface area (Å²) in [6, 6.07) is 3.73. The Labute approximate surface area is 118 Å². The fraction of sp³-hybridized carbons (Fsp3) is 0.533. The van der Waals surface area contributed by atoms with Crippen molar-refractivity contribution in [1.29, 1.82) is 0 Å². The monoisotopic (exact) mass is 280 g/mol. The van der Waals surface area contributed by atoms with Crippen LogP contribution in [-0.2, 0) is 4.79 Å². The molecule has 0 saturated carbocycles. The molecule has 1 fully saturated rings. The van der Waals surface area contributed by atoms with Crippen LogP contribution in [0, 0.1) is 5.82 Å². The Morgan fingerprint density at radius 2 is 2.25 bits per heavy atom. The lowest BCUT2D eigenvalue weighted by Crippen LogP contribution is -2.49. The highest BCUT2D eigenvalue weighted by Crippen LogP contribution is 2.33. The first-order valence-corrected chi connectivity index (χ1v) is 7.00. The van der Waals surface area contributed by atoms with E-state index in [9.17, 15) is 14.3 Å². The average molecular weight is 280 g/mol. The zero-order chi connectivity index (χ0) is 14.7. The van der Waals surface area contributed by atoms with Gasteiger partial charge in [-0.05, 0) is 32.4 Å². The summed E-state index contributed by atoms with van der Waals surface area (Å²) in [5.74, 6) is -0.517. The van der Waals surface area contributed by atoms with E-state index in [-0.39, 0.29) is 23.7 Å². The third kappa shape index (κ3) is 2.93. The van der Waals surface area contributed by atoms with E-state index in [2.05, 4.69) is 10.2 Å². The van der Waals surface area contributed by atoms with Gasteiger partial charge in [-0.3, -0.25) is 9.69 Å².